The molecule has 98 valence electrons. The molecule has 0 amide bonds. The zero-order valence-electron chi connectivity index (χ0n) is 10.6. The van der Waals surface area contributed by atoms with Crippen LogP contribution in [0.1, 0.15) is 0 Å². The third-order valence-corrected chi connectivity index (χ3v) is 3.21. The van der Waals surface area contributed by atoms with Crippen LogP contribution in [0.5, 0.6) is 5.75 Å². The number of aromatic hydroxyl groups is 1. The molecule has 0 spiro atoms. The van der Waals surface area contributed by atoms with Crippen LogP contribution in [0, 0.1) is 0 Å². The summed E-state index contributed by atoms with van der Waals surface area (Å²) >= 11 is 0. The van der Waals surface area contributed by atoms with Gasteiger partial charge in [0, 0.05) is 18.7 Å². The van der Waals surface area contributed by atoms with Crippen molar-refractivity contribution >= 4 is 5.82 Å². The van der Waals surface area contributed by atoms with E-state index < -0.39 is 0 Å². The van der Waals surface area contributed by atoms with Crippen LogP contribution >= 0.6 is 0 Å². The van der Waals surface area contributed by atoms with Crippen molar-refractivity contribution in [2.45, 2.75) is 0 Å². The highest BCUT2D eigenvalue weighted by atomic mass is 16.5. The molecular weight excluding hydrogens is 240 g/mol. The number of phenolic OH excluding ortho intramolecular Hbond substituents is 1. The highest BCUT2D eigenvalue weighted by Gasteiger charge is 2.12. The number of nitrogens with zero attached hydrogens (tertiary/aromatic N) is 2. The zero-order valence-corrected chi connectivity index (χ0v) is 10.6. The minimum absolute atomic E-state index is 0.260. The van der Waals surface area contributed by atoms with Gasteiger partial charge in [-0.2, -0.15) is 0 Å². The number of aromatic nitrogens is 1. The summed E-state index contributed by atoms with van der Waals surface area (Å²) in [5, 5.41) is 9.54. The third-order valence-electron chi connectivity index (χ3n) is 3.21. The van der Waals surface area contributed by atoms with Gasteiger partial charge in [0.25, 0.3) is 0 Å². The van der Waals surface area contributed by atoms with Gasteiger partial charge in [0.1, 0.15) is 11.6 Å². The fourth-order valence-electron chi connectivity index (χ4n) is 2.22. The van der Waals surface area contributed by atoms with Gasteiger partial charge >= 0.3 is 0 Å². The minimum Gasteiger partial charge on any atom is -0.508 e. The Morgan fingerprint density at radius 2 is 1.84 bits per heavy atom. The predicted molar refractivity (Wildman–Crippen MR) is 74.4 cm³/mol. The largest absolute Gasteiger partial charge is 0.508 e. The predicted octanol–water partition coefficient (Wildman–Crippen LogP) is 2.29. The van der Waals surface area contributed by atoms with Crippen LogP contribution in [0.2, 0.25) is 0 Å². The Labute approximate surface area is 112 Å². The molecular formula is C15H16N2O2. The number of hydrogen-bond donors (Lipinski definition) is 1. The van der Waals surface area contributed by atoms with Crippen LogP contribution in [0.25, 0.3) is 11.3 Å². The second kappa shape index (κ2) is 5.28. The van der Waals surface area contributed by atoms with Crippen molar-refractivity contribution in [3.8, 4) is 17.0 Å². The first-order valence-electron chi connectivity index (χ1n) is 6.42. The first kappa shape index (κ1) is 12.0. The van der Waals surface area contributed by atoms with Gasteiger partial charge in [-0.25, -0.2) is 4.98 Å². The quantitative estimate of drug-likeness (QED) is 0.895. The van der Waals surface area contributed by atoms with Crippen LogP contribution in [0.15, 0.2) is 42.5 Å². The lowest BCUT2D eigenvalue weighted by molar-refractivity contribution is 0.122. The van der Waals surface area contributed by atoms with Crippen molar-refractivity contribution in [3.63, 3.8) is 0 Å². The smallest absolute Gasteiger partial charge is 0.129 e. The summed E-state index contributed by atoms with van der Waals surface area (Å²) < 4.78 is 5.35. The standard InChI is InChI=1S/C15H16N2O2/c18-13-4-1-3-12(11-13)14-5-2-6-15(16-14)17-7-9-19-10-8-17/h1-6,11,18H,7-10H2. The van der Waals surface area contributed by atoms with Gasteiger partial charge < -0.3 is 14.7 Å². The lowest BCUT2D eigenvalue weighted by atomic mass is 10.1. The number of morpholine rings is 1. The van der Waals surface area contributed by atoms with E-state index in [0.29, 0.717) is 0 Å². The molecule has 0 aliphatic carbocycles. The van der Waals surface area contributed by atoms with E-state index >= 15 is 0 Å². The van der Waals surface area contributed by atoms with Gasteiger partial charge in [-0.1, -0.05) is 18.2 Å². The summed E-state index contributed by atoms with van der Waals surface area (Å²) in [5.41, 5.74) is 1.80. The molecule has 1 saturated heterocycles. The van der Waals surface area contributed by atoms with Gasteiger partial charge in [-0.3, -0.25) is 0 Å². The Hall–Kier alpha value is -2.07. The van der Waals surface area contributed by atoms with Crippen LogP contribution in [-0.4, -0.2) is 36.4 Å². The molecule has 2 heterocycles. The Kier molecular flexibility index (Phi) is 3.33. The monoisotopic (exact) mass is 256 g/mol. The fraction of sp³-hybridized carbons (Fsp3) is 0.267. The first-order valence-corrected chi connectivity index (χ1v) is 6.42. The van der Waals surface area contributed by atoms with E-state index in [1.54, 1.807) is 12.1 Å². The Morgan fingerprint density at radius 3 is 2.63 bits per heavy atom. The SMILES string of the molecule is Oc1cccc(-c2cccc(N3CCOCC3)n2)c1. The molecule has 1 aliphatic heterocycles. The second-order valence-corrected chi connectivity index (χ2v) is 4.53. The highest BCUT2D eigenvalue weighted by Crippen LogP contribution is 2.24. The third kappa shape index (κ3) is 2.69. The topological polar surface area (TPSA) is 45.6 Å². The normalized spacial score (nSPS) is 15.5. The number of anilines is 1. The van der Waals surface area contributed by atoms with Crippen molar-refractivity contribution in [3.05, 3.63) is 42.5 Å². The van der Waals surface area contributed by atoms with Crippen LogP contribution in [0.3, 0.4) is 0 Å². The van der Waals surface area contributed by atoms with Crippen LogP contribution < -0.4 is 4.90 Å². The molecule has 1 aliphatic rings. The molecule has 4 heteroatoms. The first-order chi connectivity index (χ1) is 9.33. The van der Waals surface area contributed by atoms with E-state index in [4.69, 9.17) is 4.74 Å². The zero-order chi connectivity index (χ0) is 13.1. The maximum absolute atomic E-state index is 9.54. The molecule has 4 nitrogen and oxygen atoms in total. The summed E-state index contributed by atoms with van der Waals surface area (Å²) in [5.74, 6) is 1.22. The number of phenols is 1. The van der Waals surface area contributed by atoms with Gasteiger partial charge in [0.2, 0.25) is 0 Å². The molecule has 0 bridgehead atoms. The number of pyridine rings is 1. The van der Waals surface area contributed by atoms with E-state index in [-0.39, 0.29) is 5.75 Å². The fourth-order valence-corrected chi connectivity index (χ4v) is 2.22. The van der Waals surface area contributed by atoms with E-state index in [9.17, 15) is 5.11 Å². The number of rotatable bonds is 2. The van der Waals surface area contributed by atoms with Crippen molar-refractivity contribution in [1.29, 1.82) is 0 Å². The van der Waals surface area contributed by atoms with Crippen LogP contribution in [-0.2, 0) is 4.74 Å². The molecule has 0 radical (unpaired) electrons. The van der Waals surface area contributed by atoms with E-state index in [1.165, 1.54) is 0 Å². The lowest BCUT2D eigenvalue weighted by Crippen LogP contribution is -2.36. The van der Waals surface area contributed by atoms with E-state index in [1.807, 2.05) is 30.3 Å². The summed E-state index contributed by atoms with van der Waals surface area (Å²) in [7, 11) is 0. The molecule has 0 saturated carbocycles. The highest BCUT2D eigenvalue weighted by molar-refractivity contribution is 5.63. The summed E-state index contributed by atoms with van der Waals surface area (Å²) in [4.78, 5) is 6.89. The summed E-state index contributed by atoms with van der Waals surface area (Å²) in [6.07, 6.45) is 0. The molecule has 0 unspecified atom stereocenters. The maximum Gasteiger partial charge on any atom is 0.129 e. The average Bonchev–Trinajstić information content (AvgIpc) is 2.48. The number of benzene rings is 1. The van der Waals surface area contributed by atoms with Crippen molar-refractivity contribution in [1.82, 2.24) is 4.98 Å². The molecule has 1 aromatic carbocycles. The molecule has 1 fully saturated rings. The van der Waals surface area contributed by atoms with E-state index in [0.717, 1.165) is 43.4 Å². The molecule has 1 N–H and O–H groups in total. The van der Waals surface area contributed by atoms with Gasteiger partial charge in [0.15, 0.2) is 0 Å². The summed E-state index contributed by atoms with van der Waals surface area (Å²) in [6.45, 7) is 3.24. The Balaban J connectivity index is 1.91. The van der Waals surface area contributed by atoms with Crippen LogP contribution in [0.4, 0.5) is 5.82 Å². The summed E-state index contributed by atoms with van der Waals surface area (Å²) in [6, 6.07) is 13.1. The molecule has 1 aromatic heterocycles. The number of hydrogen-bond acceptors (Lipinski definition) is 4. The van der Waals surface area contributed by atoms with Gasteiger partial charge in [-0.05, 0) is 24.3 Å². The Bertz CT molecular complexity index is 566. The minimum atomic E-state index is 0.260. The average molecular weight is 256 g/mol. The molecule has 2 aromatic rings. The molecule has 0 atom stereocenters. The maximum atomic E-state index is 9.54. The second-order valence-electron chi connectivity index (χ2n) is 4.53. The van der Waals surface area contributed by atoms with Gasteiger partial charge in [0.05, 0.1) is 18.9 Å². The number of ether oxygens (including phenoxy) is 1. The lowest BCUT2D eigenvalue weighted by Gasteiger charge is -2.28. The Morgan fingerprint density at radius 1 is 1.05 bits per heavy atom. The molecule has 19 heavy (non-hydrogen) atoms. The molecule has 3 rings (SSSR count). The van der Waals surface area contributed by atoms with Gasteiger partial charge in [-0.15, -0.1) is 0 Å². The van der Waals surface area contributed by atoms with E-state index in [2.05, 4.69) is 9.88 Å². The van der Waals surface area contributed by atoms with Crippen molar-refractivity contribution in [2.75, 3.05) is 31.2 Å². The van der Waals surface area contributed by atoms with Crippen molar-refractivity contribution < 1.29 is 9.84 Å². The van der Waals surface area contributed by atoms with Crippen molar-refractivity contribution in [2.24, 2.45) is 0 Å².